The molecule has 4 nitrogen and oxygen atoms in total. The van der Waals surface area contributed by atoms with Crippen molar-refractivity contribution in [2.45, 2.75) is 12.8 Å². The van der Waals surface area contributed by atoms with Gasteiger partial charge in [0.2, 0.25) is 0 Å². The highest BCUT2D eigenvalue weighted by molar-refractivity contribution is 5.88. The van der Waals surface area contributed by atoms with E-state index in [1.54, 1.807) is 18.3 Å². The summed E-state index contributed by atoms with van der Waals surface area (Å²) in [6.07, 6.45) is 3.57. The minimum atomic E-state index is -0.880. The Morgan fingerprint density at radius 2 is 2.41 bits per heavy atom. The molecule has 1 aromatic heterocycles. The van der Waals surface area contributed by atoms with Gasteiger partial charge >= 0.3 is 5.97 Å². The Hall–Kier alpha value is -1.13. The van der Waals surface area contributed by atoms with Crippen molar-refractivity contribution >= 4 is 18.4 Å². The number of aromatic nitrogens is 1. The minimum absolute atomic E-state index is 0. The summed E-state index contributed by atoms with van der Waals surface area (Å²) >= 11 is 0. The van der Waals surface area contributed by atoms with Gasteiger partial charge < -0.3 is 10.0 Å². The number of rotatable bonds is 3. The second-order valence-electron chi connectivity index (χ2n) is 4.42. The third-order valence-corrected chi connectivity index (χ3v) is 3.09. The van der Waals surface area contributed by atoms with Gasteiger partial charge in [0.1, 0.15) is 0 Å². The zero-order chi connectivity index (χ0) is 11.5. The van der Waals surface area contributed by atoms with Gasteiger partial charge in [0.05, 0.1) is 11.3 Å². The van der Waals surface area contributed by atoms with Crippen LogP contribution < -0.4 is 0 Å². The molecule has 2 heterocycles. The molecule has 1 aromatic rings. The monoisotopic (exact) mass is 256 g/mol. The standard InChI is InChI=1S/C12H16N2O2.ClH/c1-14-6-4-9(8-14)7-11-10(12(15)16)3-2-5-13-11;/h2-3,5,9H,4,6-8H2,1H3,(H,15,16);1H. The van der Waals surface area contributed by atoms with E-state index in [1.807, 2.05) is 0 Å². The quantitative estimate of drug-likeness (QED) is 0.894. The number of nitrogens with zero attached hydrogens (tertiary/aromatic N) is 2. The van der Waals surface area contributed by atoms with Crippen molar-refractivity contribution in [3.63, 3.8) is 0 Å². The van der Waals surface area contributed by atoms with Crippen LogP contribution in [0.4, 0.5) is 0 Å². The minimum Gasteiger partial charge on any atom is -0.478 e. The van der Waals surface area contributed by atoms with Gasteiger partial charge in [-0.05, 0) is 44.5 Å². The Labute approximate surface area is 107 Å². The van der Waals surface area contributed by atoms with Crippen LogP contribution in [0.2, 0.25) is 0 Å². The van der Waals surface area contributed by atoms with Crippen molar-refractivity contribution in [1.82, 2.24) is 9.88 Å². The molecule has 0 aliphatic carbocycles. The van der Waals surface area contributed by atoms with E-state index in [9.17, 15) is 4.79 Å². The molecule has 1 atom stereocenters. The summed E-state index contributed by atoms with van der Waals surface area (Å²) in [4.78, 5) is 17.5. The zero-order valence-corrected chi connectivity index (χ0v) is 10.6. The number of hydrogen-bond acceptors (Lipinski definition) is 3. The van der Waals surface area contributed by atoms with Gasteiger partial charge in [-0.15, -0.1) is 12.4 Å². The molecule has 0 aromatic carbocycles. The van der Waals surface area contributed by atoms with Gasteiger partial charge in [0, 0.05) is 12.7 Å². The van der Waals surface area contributed by atoms with Gasteiger partial charge in [-0.3, -0.25) is 4.98 Å². The van der Waals surface area contributed by atoms with Crippen LogP contribution in [0.5, 0.6) is 0 Å². The summed E-state index contributed by atoms with van der Waals surface area (Å²) < 4.78 is 0. The molecule has 94 valence electrons. The van der Waals surface area contributed by atoms with E-state index >= 15 is 0 Å². The number of likely N-dealkylation sites (tertiary alicyclic amines) is 1. The summed E-state index contributed by atoms with van der Waals surface area (Å²) in [5.74, 6) is -0.340. The smallest absolute Gasteiger partial charge is 0.337 e. The van der Waals surface area contributed by atoms with Crippen molar-refractivity contribution < 1.29 is 9.90 Å². The average Bonchev–Trinajstić information content (AvgIpc) is 2.64. The first-order valence-electron chi connectivity index (χ1n) is 5.52. The zero-order valence-electron chi connectivity index (χ0n) is 9.80. The lowest BCUT2D eigenvalue weighted by atomic mass is 9.99. The molecule has 0 bridgehead atoms. The van der Waals surface area contributed by atoms with Crippen LogP contribution >= 0.6 is 12.4 Å². The molecule has 1 unspecified atom stereocenters. The Morgan fingerprint density at radius 3 is 3.00 bits per heavy atom. The number of aromatic carboxylic acids is 1. The van der Waals surface area contributed by atoms with Crippen molar-refractivity contribution in [1.29, 1.82) is 0 Å². The van der Waals surface area contributed by atoms with E-state index in [2.05, 4.69) is 16.9 Å². The molecule has 0 spiro atoms. The maximum absolute atomic E-state index is 11.0. The Bertz CT molecular complexity index is 398. The molecule has 17 heavy (non-hydrogen) atoms. The van der Waals surface area contributed by atoms with E-state index in [0.717, 1.165) is 31.6 Å². The van der Waals surface area contributed by atoms with Crippen LogP contribution in [0.1, 0.15) is 22.5 Å². The molecule has 1 aliphatic rings. The number of carboxylic acids is 1. The molecular weight excluding hydrogens is 240 g/mol. The summed E-state index contributed by atoms with van der Waals surface area (Å²) in [5, 5.41) is 9.04. The van der Waals surface area contributed by atoms with Gasteiger partial charge in [0.25, 0.3) is 0 Å². The maximum atomic E-state index is 11.0. The topological polar surface area (TPSA) is 53.4 Å². The lowest BCUT2D eigenvalue weighted by molar-refractivity contribution is 0.0695. The number of carboxylic acid groups (broad SMARTS) is 1. The summed E-state index contributed by atoms with van der Waals surface area (Å²) in [6, 6.07) is 3.30. The molecule has 1 saturated heterocycles. The van der Waals surface area contributed by atoms with Crippen LogP contribution in [0.25, 0.3) is 0 Å². The van der Waals surface area contributed by atoms with Crippen molar-refractivity contribution in [2.75, 3.05) is 20.1 Å². The SMILES string of the molecule is CN1CCC(Cc2ncccc2C(=O)O)C1.Cl. The first kappa shape index (κ1) is 13.9. The molecule has 2 rings (SSSR count). The molecule has 5 heteroatoms. The first-order valence-corrected chi connectivity index (χ1v) is 5.52. The maximum Gasteiger partial charge on any atom is 0.337 e. The molecule has 0 amide bonds. The van der Waals surface area contributed by atoms with Gasteiger partial charge in [-0.1, -0.05) is 0 Å². The van der Waals surface area contributed by atoms with Crippen LogP contribution in [0, 0.1) is 5.92 Å². The van der Waals surface area contributed by atoms with Crippen molar-refractivity contribution in [3.8, 4) is 0 Å². The fourth-order valence-electron chi connectivity index (χ4n) is 2.26. The van der Waals surface area contributed by atoms with Crippen molar-refractivity contribution in [3.05, 3.63) is 29.6 Å². The fourth-order valence-corrected chi connectivity index (χ4v) is 2.26. The number of carbonyl (C=O) groups is 1. The predicted molar refractivity (Wildman–Crippen MR) is 67.8 cm³/mol. The third-order valence-electron chi connectivity index (χ3n) is 3.09. The highest BCUT2D eigenvalue weighted by atomic mass is 35.5. The average molecular weight is 257 g/mol. The Kier molecular flexibility index (Phi) is 4.90. The van der Waals surface area contributed by atoms with E-state index in [4.69, 9.17) is 5.11 Å². The van der Waals surface area contributed by atoms with Crippen LogP contribution in [0.15, 0.2) is 18.3 Å². The Morgan fingerprint density at radius 1 is 1.65 bits per heavy atom. The fraction of sp³-hybridized carbons (Fsp3) is 0.500. The third kappa shape index (κ3) is 3.41. The molecule has 1 aliphatic heterocycles. The van der Waals surface area contributed by atoms with Gasteiger partial charge in [-0.25, -0.2) is 4.79 Å². The van der Waals surface area contributed by atoms with E-state index in [1.165, 1.54) is 0 Å². The van der Waals surface area contributed by atoms with Crippen LogP contribution in [-0.4, -0.2) is 41.1 Å². The second kappa shape index (κ2) is 5.98. The number of hydrogen-bond donors (Lipinski definition) is 1. The molecule has 0 radical (unpaired) electrons. The Balaban J connectivity index is 0.00000144. The molecule has 1 N–H and O–H groups in total. The molecular formula is C12H17ClN2O2. The summed E-state index contributed by atoms with van der Waals surface area (Å²) in [7, 11) is 2.09. The summed E-state index contributed by atoms with van der Waals surface area (Å²) in [5.41, 5.74) is 1.06. The van der Waals surface area contributed by atoms with E-state index in [0.29, 0.717) is 11.5 Å². The largest absolute Gasteiger partial charge is 0.478 e. The van der Waals surface area contributed by atoms with Gasteiger partial charge in [0.15, 0.2) is 0 Å². The highest BCUT2D eigenvalue weighted by Gasteiger charge is 2.22. The number of halogens is 1. The highest BCUT2D eigenvalue weighted by Crippen LogP contribution is 2.20. The predicted octanol–water partition coefficient (Wildman–Crippen LogP) is 1.70. The second-order valence-corrected chi connectivity index (χ2v) is 4.42. The van der Waals surface area contributed by atoms with Crippen LogP contribution in [0.3, 0.4) is 0 Å². The van der Waals surface area contributed by atoms with Gasteiger partial charge in [-0.2, -0.15) is 0 Å². The van der Waals surface area contributed by atoms with Crippen LogP contribution in [-0.2, 0) is 6.42 Å². The van der Waals surface area contributed by atoms with E-state index < -0.39 is 5.97 Å². The lowest BCUT2D eigenvalue weighted by Crippen LogP contribution is -2.16. The number of pyridine rings is 1. The first-order chi connectivity index (χ1) is 7.66. The summed E-state index contributed by atoms with van der Waals surface area (Å²) in [6.45, 7) is 2.13. The molecule has 0 saturated carbocycles. The lowest BCUT2D eigenvalue weighted by Gasteiger charge is -2.11. The van der Waals surface area contributed by atoms with Crippen molar-refractivity contribution in [2.24, 2.45) is 5.92 Å². The van der Waals surface area contributed by atoms with E-state index in [-0.39, 0.29) is 12.4 Å². The molecule has 1 fully saturated rings. The normalized spacial score (nSPS) is 19.9.